The first-order valence-corrected chi connectivity index (χ1v) is 10.1. The summed E-state index contributed by atoms with van der Waals surface area (Å²) in [6, 6.07) is 15.9. The number of rotatable bonds is 6. The van der Waals surface area contributed by atoms with Gasteiger partial charge in [0, 0.05) is 24.6 Å². The summed E-state index contributed by atoms with van der Waals surface area (Å²) in [5.74, 6) is 0.341. The first-order valence-electron chi connectivity index (χ1n) is 9.12. The van der Waals surface area contributed by atoms with E-state index in [0.29, 0.717) is 17.9 Å². The van der Waals surface area contributed by atoms with Crippen LogP contribution in [0.2, 0.25) is 0 Å². The number of nitrogens with one attached hydrogen (secondary N) is 1. The van der Waals surface area contributed by atoms with E-state index in [4.69, 9.17) is 4.98 Å². The van der Waals surface area contributed by atoms with Crippen LogP contribution in [-0.2, 0) is 12.3 Å². The third kappa shape index (κ3) is 4.30. The van der Waals surface area contributed by atoms with Crippen molar-refractivity contribution in [2.45, 2.75) is 17.5 Å². The zero-order valence-corrected chi connectivity index (χ0v) is 16.6. The van der Waals surface area contributed by atoms with Crippen molar-refractivity contribution in [3.8, 4) is 0 Å². The number of aromatic nitrogens is 3. The number of carbonyl (C=O) groups is 1. The predicted octanol–water partition coefficient (Wildman–Crippen LogP) is 4.27. The molecule has 1 N–H and O–H groups in total. The molecule has 0 unspecified atom stereocenters. The van der Waals surface area contributed by atoms with Crippen LogP contribution in [0.3, 0.4) is 0 Å². The molecule has 7 heteroatoms. The van der Waals surface area contributed by atoms with Crippen molar-refractivity contribution in [2.24, 2.45) is 0 Å². The van der Waals surface area contributed by atoms with E-state index in [9.17, 15) is 9.18 Å². The van der Waals surface area contributed by atoms with Gasteiger partial charge in [-0.1, -0.05) is 36.0 Å². The van der Waals surface area contributed by atoms with E-state index in [1.165, 1.54) is 12.1 Å². The number of amides is 1. The van der Waals surface area contributed by atoms with Crippen molar-refractivity contribution in [1.29, 1.82) is 0 Å². The van der Waals surface area contributed by atoms with Crippen LogP contribution in [0.15, 0.2) is 72.1 Å². The molecule has 2 aromatic heterocycles. The molecule has 0 spiro atoms. The molecule has 0 saturated heterocycles. The van der Waals surface area contributed by atoms with Crippen molar-refractivity contribution in [3.05, 3.63) is 89.5 Å². The minimum absolute atomic E-state index is 0.107. The van der Waals surface area contributed by atoms with Crippen molar-refractivity contribution in [1.82, 2.24) is 19.9 Å². The molecule has 0 atom stereocenters. The number of imidazole rings is 1. The largest absolute Gasteiger partial charge is 0.355 e. The molecule has 29 heavy (non-hydrogen) atoms. The lowest BCUT2D eigenvalue weighted by atomic mass is 10.1. The van der Waals surface area contributed by atoms with Crippen LogP contribution in [0, 0.1) is 5.82 Å². The highest BCUT2D eigenvalue weighted by molar-refractivity contribution is 7.98. The normalized spacial score (nSPS) is 11.0. The summed E-state index contributed by atoms with van der Waals surface area (Å²) < 4.78 is 15.3. The van der Waals surface area contributed by atoms with Crippen molar-refractivity contribution < 1.29 is 9.18 Å². The van der Waals surface area contributed by atoms with Gasteiger partial charge in [0.1, 0.15) is 5.82 Å². The summed E-state index contributed by atoms with van der Waals surface area (Å²) in [6.45, 7) is 0.613. The van der Waals surface area contributed by atoms with Gasteiger partial charge in [0.05, 0.1) is 23.8 Å². The van der Waals surface area contributed by atoms with Gasteiger partial charge >= 0.3 is 0 Å². The van der Waals surface area contributed by atoms with E-state index < -0.39 is 0 Å². The number of benzene rings is 2. The number of pyridine rings is 1. The summed E-state index contributed by atoms with van der Waals surface area (Å²) in [5, 5.41) is 3.49. The quantitative estimate of drug-likeness (QED) is 0.486. The van der Waals surface area contributed by atoms with E-state index in [1.54, 1.807) is 37.1 Å². The Morgan fingerprint density at radius 2 is 1.79 bits per heavy atom. The fourth-order valence-corrected chi connectivity index (χ4v) is 4.00. The zero-order chi connectivity index (χ0) is 20.2. The molecule has 0 fully saturated rings. The van der Waals surface area contributed by atoms with Crippen LogP contribution >= 0.6 is 11.8 Å². The smallest absolute Gasteiger partial charge is 0.251 e. The monoisotopic (exact) mass is 406 g/mol. The van der Waals surface area contributed by atoms with Gasteiger partial charge < -0.3 is 9.88 Å². The Morgan fingerprint density at radius 3 is 2.52 bits per heavy atom. The number of thioether (sulfide) groups is 1. The maximum atomic E-state index is 13.1. The Balaban J connectivity index is 1.61. The Morgan fingerprint density at radius 1 is 1.07 bits per heavy atom. The van der Waals surface area contributed by atoms with Gasteiger partial charge in [0.2, 0.25) is 0 Å². The molecule has 2 heterocycles. The molecule has 0 radical (unpaired) electrons. The third-order valence-corrected chi connectivity index (χ3v) is 5.63. The topological polar surface area (TPSA) is 59.8 Å². The van der Waals surface area contributed by atoms with E-state index in [2.05, 4.69) is 14.9 Å². The maximum Gasteiger partial charge on any atom is 0.251 e. The van der Waals surface area contributed by atoms with Crippen LogP contribution in [-0.4, -0.2) is 27.5 Å². The van der Waals surface area contributed by atoms with Gasteiger partial charge in [0.15, 0.2) is 5.16 Å². The number of fused-ring (bicyclic) bond motifs is 1. The van der Waals surface area contributed by atoms with E-state index in [1.807, 2.05) is 36.5 Å². The molecule has 0 saturated carbocycles. The molecule has 0 bridgehead atoms. The summed E-state index contributed by atoms with van der Waals surface area (Å²) in [5.41, 5.74) is 4.54. The van der Waals surface area contributed by atoms with E-state index >= 15 is 0 Å². The van der Waals surface area contributed by atoms with Gasteiger partial charge in [-0.25, -0.2) is 9.37 Å². The summed E-state index contributed by atoms with van der Waals surface area (Å²) in [7, 11) is 1.62. The Labute approximate surface area is 172 Å². The van der Waals surface area contributed by atoms with E-state index in [0.717, 1.165) is 27.3 Å². The molecule has 0 aliphatic carbocycles. The lowest BCUT2D eigenvalue weighted by Crippen LogP contribution is -2.17. The summed E-state index contributed by atoms with van der Waals surface area (Å²) in [6.07, 6.45) is 3.54. The number of nitrogens with zero attached hydrogens (tertiary/aromatic N) is 3. The summed E-state index contributed by atoms with van der Waals surface area (Å²) in [4.78, 5) is 20.7. The van der Waals surface area contributed by atoms with E-state index in [-0.39, 0.29) is 11.7 Å². The molecule has 4 rings (SSSR count). The predicted molar refractivity (Wildman–Crippen MR) is 112 cm³/mol. The molecule has 5 nitrogen and oxygen atoms in total. The average molecular weight is 406 g/mol. The molecule has 4 aromatic rings. The summed E-state index contributed by atoms with van der Waals surface area (Å²) >= 11 is 1.60. The van der Waals surface area contributed by atoms with Gasteiger partial charge in [-0.3, -0.25) is 9.78 Å². The van der Waals surface area contributed by atoms with Crippen molar-refractivity contribution in [2.75, 3.05) is 7.05 Å². The SMILES string of the molecule is CNC(=O)c1ccc(Cn2c(SCc3ccc(F)cc3)nc3ccncc32)cc1. The van der Waals surface area contributed by atoms with Crippen LogP contribution in [0.1, 0.15) is 21.5 Å². The minimum Gasteiger partial charge on any atom is -0.355 e. The van der Waals surface area contributed by atoms with Gasteiger partial charge in [-0.2, -0.15) is 0 Å². The zero-order valence-electron chi connectivity index (χ0n) is 15.8. The Bertz CT molecular complexity index is 1140. The molecule has 1 amide bonds. The van der Waals surface area contributed by atoms with Crippen LogP contribution in [0.4, 0.5) is 4.39 Å². The number of halogens is 1. The molecule has 0 aliphatic heterocycles. The van der Waals surface area contributed by atoms with Gasteiger partial charge in [-0.15, -0.1) is 0 Å². The number of hydrogen-bond donors (Lipinski definition) is 1. The molecular weight excluding hydrogens is 387 g/mol. The highest BCUT2D eigenvalue weighted by atomic mass is 32.2. The van der Waals surface area contributed by atoms with Crippen LogP contribution in [0.5, 0.6) is 0 Å². The van der Waals surface area contributed by atoms with Gasteiger partial charge in [0.25, 0.3) is 5.91 Å². The first-order chi connectivity index (χ1) is 14.1. The van der Waals surface area contributed by atoms with Crippen LogP contribution < -0.4 is 5.32 Å². The van der Waals surface area contributed by atoms with Crippen LogP contribution in [0.25, 0.3) is 11.0 Å². The minimum atomic E-state index is -0.239. The number of hydrogen-bond acceptors (Lipinski definition) is 4. The number of carbonyl (C=O) groups excluding carboxylic acids is 1. The molecule has 146 valence electrons. The second-order valence-electron chi connectivity index (χ2n) is 6.54. The lowest BCUT2D eigenvalue weighted by molar-refractivity contribution is 0.0963. The maximum absolute atomic E-state index is 13.1. The Hall–Kier alpha value is -3.19. The average Bonchev–Trinajstić information content (AvgIpc) is 3.11. The molecule has 2 aromatic carbocycles. The fourth-order valence-electron chi connectivity index (χ4n) is 3.03. The first kappa shape index (κ1) is 19.1. The van der Waals surface area contributed by atoms with Crippen molar-refractivity contribution >= 4 is 28.7 Å². The van der Waals surface area contributed by atoms with Gasteiger partial charge in [-0.05, 0) is 41.5 Å². The molecule has 0 aliphatic rings. The fraction of sp³-hybridized carbons (Fsp3) is 0.136. The second-order valence-corrected chi connectivity index (χ2v) is 7.48. The third-order valence-electron chi connectivity index (χ3n) is 4.58. The Kier molecular flexibility index (Phi) is 5.57. The van der Waals surface area contributed by atoms with Crippen molar-refractivity contribution in [3.63, 3.8) is 0 Å². The molecular formula is C22H19FN4OS. The lowest BCUT2D eigenvalue weighted by Gasteiger charge is -2.10. The second kappa shape index (κ2) is 8.45. The standard InChI is InChI=1S/C22H19FN4OS/c1-24-21(28)17-6-2-15(3-7-17)13-27-20-12-25-11-10-19(20)26-22(27)29-14-16-4-8-18(23)9-5-16/h2-12H,13-14H2,1H3,(H,24,28). The highest BCUT2D eigenvalue weighted by Gasteiger charge is 2.13. The highest BCUT2D eigenvalue weighted by Crippen LogP contribution is 2.27.